The topological polar surface area (TPSA) is 65.4 Å². The highest BCUT2D eigenvalue weighted by atomic mass is 35.5. The molecule has 3 aromatic rings. The Labute approximate surface area is 175 Å². The van der Waals surface area contributed by atoms with E-state index in [1.54, 1.807) is 7.11 Å². The molecule has 6 nitrogen and oxygen atoms in total. The van der Waals surface area contributed by atoms with Gasteiger partial charge < -0.3 is 14.0 Å². The Balaban J connectivity index is 1.66. The van der Waals surface area contributed by atoms with Crippen LogP contribution < -0.4 is 10.1 Å². The summed E-state index contributed by atoms with van der Waals surface area (Å²) in [6, 6.07) is 13.4. The first kappa shape index (κ1) is 21.1. The normalized spacial score (nSPS) is 11.0. The molecule has 0 unspecified atom stereocenters. The van der Waals surface area contributed by atoms with Gasteiger partial charge in [0, 0.05) is 26.2 Å². The maximum absolute atomic E-state index is 12.6. The molecular weight excluding hydrogens is 390 g/mol. The Morgan fingerprint density at radius 2 is 2.07 bits per heavy atom. The van der Waals surface area contributed by atoms with E-state index in [1.165, 1.54) is 0 Å². The first-order valence-corrected chi connectivity index (χ1v) is 10.2. The van der Waals surface area contributed by atoms with Crippen LogP contribution in [-0.2, 0) is 22.5 Å². The van der Waals surface area contributed by atoms with Crippen LogP contribution in [0.15, 0.2) is 42.5 Å². The van der Waals surface area contributed by atoms with Crippen molar-refractivity contribution in [1.29, 1.82) is 0 Å². The number of hydrogen-bond donors (Lipinski definition) is 1. The van der Waals surface area contributed by atoms with E-state index < -0.39 is 0 Å². The zero-order chi connectivity index (χ0) is 20.6. The van der Waals surface area contributed by atoms with Gasteiger partial charge in [0.15, 0.2) is 0 Å². The third kappa shape index (κ3) is 5.49. The number of ether oxygens (including phenoxy) is 2. The molecule has 7 heteroatoms. The van der Waals surface area contributed by atoms with Gasteiger partial charge in [-0.15, -0.1) is 0 Å². The summed E-state index contributed by atoms with van der Waals surface area (Å²) in [6.07, 6.45) is 1.77. The maximum Gasteiger partial charge on any atom is 0.227 e. The molecule has 0 spiro atoms. The fraction of sp³-hybridized carbons (Fsp3) is 0.364. The summed E-state index contributed by atoms with van der Waals surface area (Å²) in [6.45, 7) is 4.08. The van der Waals surface area contributed by atoms with Crippen LogP contribution in [0, 0.1) is 0 Å². The maximum atomic E-state index is 12.6. The Bertz CT molecular complexity index is 971. The van der Waals surface area contributed by atoms with Gasteiger partial charge in [-0.25, -0.2) is 4.98 Å². The minimum absolute atomic E-state index is 0.0849. The number of hydrogen-bond acceptors (Lipinski definition) is 4. The van der Waals surface area contributed by atoms with Crippen LogP contribution in [0.4, 0.5) is 5.95 Å². The third-order valence-electron chi connectivity index (χ3n) is 4.64. The minimum Gasteiger partial charge on any atom is -0.495 e. The number of para-hydroxylation sites is 2. The van der Waals surface area contributed by atoms with E-state index in [0.29, 0.717) is 42.8 Å². The van der Waals surface area contributed by atoms with Crippen LogP contribution in [-0.4, -0.2) is 35.8 Å². The average molecular weight is 416 g/mol. The zero-order valence-corrected chi connectivity index (χ0v) is 17.5. The van der Waals surface area contributed by atoms with Crippen LogP contribution in [0.1, 0.15) is 25.3 Å². The highest BCUT2D eigenvalue weighted by molar-refractivity contribution is 6.32. The van der Waals surface area contributed by atoms with E-state index in [0.717, 1.165) is 29.6 Å². The highest BCUT2D eigenvalue weighted by Gasteiger charge is 2.13. The number of rotatable bonds is 10. The standard InChI is InChI=1S/C22H26ClN3O3/c1-3-29-14-6-13-26-19-8-5-4-7-18(19)24-22(26)25-21(27)12-10-16-9-11-20(28-2)17(23)15-16/h4-5,7-9,11,15H,3,6,10,12-14H2,1-2H3,(H,24,25,27). The van der Waals surface area contributed by atoms with E-state index in [-0.39, 0.29) is 5.91 Å². The molecular formula is C22H26ClN3O3. The molecule has 1 amide bonds. The SMILES string of the molecule is CCOCCCn1c(NC(=O)CCc2ccc(OC)c(Cl)c2)nc2ccccc21. The molecule has 1 heterocycles. The molecule has 0 aliphatic rings. The van der Waals surface area contributed by atoms with Crippen LogP contribution >= 0.6 is 11.6 Å². The quantitative estimate of drug-likeness (QED) is 0.487. The highest BCUT2D eigenvalue weighted by Crippen LogP contribution is 2.25. The summed E-state index contributed by atoms with van der Waals surface area (Å²) >= 11 is 6.16. The summed E-state index contributed by atoms with van der Waals surface area (Å²) in [7, 11) is 1.58. The van der Waals surface area contributed by atoms with Gasteiger partial charge in [0.2, 0.25) is 11.9 Å². The number of halogens is 1. The molecule has 0 saturated carbocycles. The number of amides is 1. The molecule has 0 aliphatic heterocycles. The van der Waals surface area contributed by atoms with Gasteiger partial charge in [-0.2, -0.15) is 0 Å². The van der Waals surface area contributed by atoms with Crippen molar-refractivity contribution in [2.75, 3.05) is 25.6 Å². The minimum atomic E-state index is -0.0849. The fourth-order valence-corrected chi connectivity index (χ4v) is 3.46. The molecule has 1 N–H and O–H groups in total. The lowest BCUT2D eigenvalue weighted by molar-refractivity contribution is -0.116. The lowest BCUT2D eigenvalue weighted by Crippen LogP contribution is -2.17. The molecule has 0 atom stereocenters. The van der Waals surface area contributed by atoms with Crippen LogP contribution in [0.2, 0.25) is 5.02 Å². The molecule has 29 heavy (non-hydrogen) atoms. The summed E-state index contributed by atoms with van der Waals surface area (Å²) in [5.74, 6) is 1.11. The van der Waals surface area contributed by atoms with Crippen molar-refractivity contribution in [3.05, 3.63) is 53.1 Å². The molecule has 154 valence electrons. The number of benzene rings is 2. The monoisotopic (exact) mass is 415 g/mol. The number of fused-ring (bicyclic) bond motifs is 1. The van der Waals surface area contributed by atoms with E-state index in [2.05, 4.69) is 10.3 Å². The molecule has 0 aliphatic carbocycles. The van der Waals surface area contributed by atoms with E-state index in [1.807, 2.05) is 54.0 Å². The van der Waals surface area contributed by atoms with Crippen LogP contribution in [0.3, 0.4) is 0 Å². The number of carbonyl (C=O) groups excluding carboxylic acids is 1. The second kappa shape index (κ2) is 10.3. The summed E-state index contributed by atoms with van der Waals surface area (Å²) in [4.78, 5) is 17.1. The summed E-state index contributed by atoms with van der Waals surface area (Å²) in [5, 5.41) is 3.51. The van der Waals surface area contributed by atoms with Crippen molar-refractivity contribution < 1.29 is 14.3 Å². The molecule has 2 aromatic carbocycles. The number of nitrogens with one attached hydrogen (secondary N) is 1. The Kier molecular flexibility index (Phi) is 7.49. The van der Waals surface area contributed by atoms with Crippen molar-refractivity contribution >= 4 is 34.5 Å². The lowest BCUT2D eigenvalue weighted by atomic mass is 10.1. The Hall–Kier alpha value is -2.57. The number of nitrogens with zero attached hydrogens (tertiary/aromatic N) is 2. The van der Waals surface area contributed by atoms with Crippen LogP contribution in [0.5, 0.6) is 5.75 Å². The average Bonchev–Trinajstić information content (AvgIpc) is 3.07. The van der Waals surface area contributed by atoms with Gasteiger partial charge in [-0.05, 0) is 49.6 Å². The van der Waals surface area contributed by atoms with E-state index >= 15 is 0 Å². The number of anilines is 1. The van der Waals surface area contributed by atoms with Gasteiger partial charge in [0.05, 0.1) is 23.2 Å². The van der Waals surface area contributed by atoms with E-state index in [9.17, 15) is 4.79 Å². The molecule has 0 radical (unpaired) electrons. The second-order valence-corrected chi connectivity index (χ2v) is 7.05. The van der Waals surface area contributed by atoms with Crippen molar-refractivity contribution in [1.82, 2.24) is 9.55 Å². The fourth-order valence-electron chi connectivity index (χ4n) is 3.18. The predicted octanol–water partition coefficient (Wildman–Crippen LogP) is 4.70. The second-order valence-electron chi connectivity index (χ2n) is 6.64. The van der Waals surface area contributed by atoms with E-state index in [4.69, 9.17) is 21.1 Å². The number of carbonyl (C=O) groups is 1. The summed E-state index contributed by atoms with van der Waals surface area (Å²) < 4.78 is 12.6. The van der Waals surface area contributed by atoms with Crippen molar-refractivity contribution in [3.63, 3.8) is 0 Å². The lowest BCUT2D eigenvalue weighted by Gasteiger charge is -2.10. The van der Waals surface area contributed by atoms with Gasteiger partial charge in [-0.3, -0.25) is 10.1 Å². The Morgan fingerprint density at radius 1 is 1.24 bits per heavy atom. The first-order valence-electron chi connectivity index (χ1n) is 9.77. The molecule has 0 bridgehead atoms. The smallest absolute Gasteiger partial charge is 0.227 e. The van der Waals surface area contributed by atoms with Gasteiger partial charge in [0.1, 0.15) is 5.75 Å². The number of imidazole rings is 1. The molecule has 3 rings (SSSR count). The van der Waals surface area contributed by atoms with Gasteiger partial charge >= 0.3 is 0 Å². The van der Waals surface area contributed by atoms with Crippen molar-refractivity contribution in [3.8, 4) is 5.75 Å². The molecule has 1 aromatic heterocycles. The number of methoxy groups -OCH3 is 1. The van der Waals surface area contributed by atoms with Gasteiger partial charge in [0.25, 0.3) is 0 Å². The van der Waals surface area contributed by atoms with Gasteiger partial charge in [-0.1, -0.05) is 29.8 Å². The first-order chi connectivity index (χ1) is 14.1. The largest absolute Gasteiger partial charge is 0.495 e. The molecule has 0 saturated heterocycles. The Morgan fingerprint density at radius 3 is 2.83 bits per heavy atom. The molecule has 0 fully saturated rings. The summed E-state index contributed by atoms with van der Waals surface area (Å²) in [5.41, 5.74) is 2.85. The zero-order valence-electron chi connectivity index (χ0n) is 16.8. The van der Waals surface area contributed by atoms with Crippen molar-refractivity contribution in [2.45, 2.75) is 32.7 Å². The number of aryl methyl sites for hydroxylation is 2. The number of aromatic nitrogens is 2. The van der Waals surface area contributed by atoms with Crippen molar-refractivity contribution in [2.24, 2.45) is 0 Å². The van der Waals surface area contributed by atoms with Crippen LogP contribution in [0.25, 0.3) is 11.0 Å². The predicted molar refractivity (Wildman–Crippen MR) is 116 cm³/mol. The third-order valence-corrected chi connectivity index (χ3v) is 4.93.